The van der Waals surface area contributed by atoms with Gasteiger partial charge in [-0.2, -0.15) is 0 Å². The summed E-state index contributed by atoms with van der Waals surface area (Å²) in [4.78, 5) is 11.5. The topological polar surface area (TPSA) is 57.5 Å². The lowest BCUT2D eigenvalue weighted by Crippen LogP contribution is -2.32. The third kappa shape index (κ3) is 2.57. The smallest absolute Gasteiger partial charge is 0.324 e. The molecule has 4 heteroatoms. The predicted octanol–water partition coefficient (Wildman–Crippen LogP) is 2.10. The number of hydrogen-bond donors (Lipinski definition) is 2. The van der Waals surface area contributed by atoms with Gasteiger partial charge in [0.2, 0.25) is 0 Å². The lowest BCUT2D eigenvalue weighted by atomic mass is 9.95. The Morgan fingerprint density at radius 2 is 2.00 bits per heavy atom. The van der Waals surface area contributed by atoms with Crippen molar-refractivity contribution >= 4 is 17.7 Å². The van der Waals surface area contributed by atoms with Gasteiger partial charge in [-0.3, -0.25) is 4.79 Å². The number of thioether (sulfide) groups is 1. The highest BCUT2D eigenvalue weighted by Crippen LogP contribution is 2.39. The number of aliphatic hydroxyl groups is 1. The van der Waals surface area contributed by atoms with Crippen LogP contribution >= 0.6 is 11.8 Å². The van der Waals surface area contributed by atoms with E-state index in [1.165, 1.54) is 11.8 Å². The molecule has 0 aliphatic heterocycles. The second-order valence-electron chi connectivity index (χ2n) is 3.42. The molecule has 2 N–H and O–H groups in total. The molecule has 1 aromatic rings. The van der Waals surface area contributed by atoms with Crippen molar-refractivity contribution in [3.8, 4) is 0 Å². The molecular weight excluding hydrogens is 224 g/mol. The van der Waals surface area contributed by atoms with Crippen molar-refractivity contribution in [2.45, 2.75) is 18.1 Å². The first-order valence-electron chi connectivity index (χ1n) is 5.21. The summed E-state index contributed by atoms with van der Waals surface area (Å²) in [5, 5.41) is 18.2. The first-order chi connectivity index (χ1) is 7.67. The van der Waals surface area contributed by atoms with E-state index in [-0.39, 0.29) is 6.61 Å². The van der Waals surface area contributed by atoms with Crippen LogP contribution in [-0.4, -0.2) is 28.5 Å². The summed E-state index contributed by atoms with van der Waals surface area (Å²) in [5.74, 6) is -0.422. The number of carboxylic acids is 1. The molecule has 3 nitrogen and oxygen atoms in total. The second kappa shape index (κ2) is 5.92. The minimum Gasteiger partial charge on any atom is -0.480 e. The number of carbonyl (C=O) groups is 1. The molecule has 16 heavy (non-hydrogen) atoms. The fraction of sp³-hybridized carbons (Fsp3) is 0.417. The van der Waals surface area contributed by atoms with E-state index in [0.717, 1.165) is 5.56 Å². The average Bonchev–Trinajstić information content (AvgIpc) is 2.31. The molecule has 0 heterocycles. The van der Waals surface area contributed by atoms with Gasteiger partial charge in [-0.1, -0.05) is 37.3 Å². The summed E-state index contributed by atoms with van der Waals surface area (Å²) < 4.78 is -0.940. The molecule has 0 radical (unpaired) electrons. The minimum atomic E-state index is -0.940. The van der Waals surface area contributed by atoms with Gasteiger partial charge in [0, 0.05) is 5.75 Å². The van der Waals surface area contributed by atoms with Crippen LogP contribution in [0.1, 0.15) is 18.9 Å². The van der Waals surface area contributed by atoms with Gasteiger partial charge in [0.15, 0.2) is 0 Å². The van der Waals surface area contributed by atoms with Crippen molar-refractivity contribution in [3.63, 3.8) is 0 Å². The number of rotatable bonds is 6. The number of aliphatic carboxylic acids is 1. The lowest BCUT2D eigenvalue weighted by molar-refractivity contribution is -0.140. The molecule has 0 bridgehead atoms. The van der Waals surface area contributed by atoms with Gasteiger partial charge in [-0.25, -0.2) is 0 Å². The van der Waals surface area contributed by atoms with E-state index >= 15 is 0 Å². The maximum absolute atomic E-state index is 11.5. The van der Waals surface area contributed by atoms with Crippen LogP contribution < -0.4 is 0 Å². The van der Waals surface area contributed by atoms with E-state index in [1.807, 2.05) is 37.3 Å². The number of hydrogen-bond acceptors (Lipinski definition) is 3. The molecule has 0 amide bonds. The van der Waals surface area contributed by atoms with Gasteiger partial charge in [-0.05, 0) is 12.0 Å². The lowest BCUT2D eigenvalue weighted by Gasteiger charge is -2.27. The Bertz CT molecular complexity index is 339. The molecule has 1 aromatic carbocycles. The highest BCUT2D eigenvalue weighted by atomic mass is 32.2. The summed E-state index contributed by atoms with van der Waals surface area (Å²) in [7, 11) is 0. The van der Waals surface area contributed by atoms with Gasteiger partial charge in [0.05, 0.1) is 6.61 Å². The molecule has 0 saturated carbocycles. The fourth-order valence-corrected chi connectivity index (χ4v) is 2.72. The summed E-state index contributed by atoms with van der Waals surface area (Å²) >= 11 is 1.28. The van der Waals surface area contributed by atoms with Crippen LogP contribution in [0.25, 0.3) is 0 Å². The van der Waals surface area contributed by atoms with Crippen LogP contribution in [0.5, 0.6) is 0 Å². The summed E-state index contributed by atoms with van der Waals surface area (Å²) in [6.07, 6.45) is 0.497. The Hall–Kier alpha value is -1.00. The van der Waals surface area contributed by atoms with Gasteiger partial charge < -0.3 is 10.2 Å². The fourth-order valence-electron chi connectivity index (χ4n) is 1.65. The molecule has 0 aliphatic rings. The molecule has 1 unspecified atom stereocenters. The van der Waals surface area contributed by atoms with Crippen LogP contribution in [-0.2, 0) is 9.54 Å². The van der Waals surface area contributed by atoms with Crippen molar-refractivity contribution in [2.75, 3.05) is 12.4 Å². The van der Waals surface area contributed by atoms with Crippen molar-refractivity contribution in [3.05, 3.63) is 35.9 Å². The Morgan fingerprint density at radius 1 is 1.38 bits per heavy atom. The number of benzene rings is 1. The normalized spacial score (nSPS) is 14.4. The summed E-state index contributed by atoms with van der Waals surface area (Å²) in [6, 6.07) is 9.18. The zero-order chi connectivity index (χ0) is 12.0. The average molecular weight is 240 g/mol. The Morgan fingerprint density at radius 3 is 2.44 bits per heavy atom. The monoisotopic (exact) mass is 240 g/mol. The zero-order valence-corrected chi connectivity index (χ0v) is 10.0. The SMILES string of the molecule is CCC(SCCO)(C(=O)O)c1ccccc1. The number of carboxylic acid groups (broad SMARTS) is 1. The van der Waals surface area contributed by atoms with E-state index in [2.05, 4.69) is 0 Å². The van der Waals surface area contributed by atoms with Crippen LogP contribution in [0.3, 0.4) is 0 Å². The van der Waals surface area contributed by atoms with Crippen LogP contribution in [0.4, 0.5) is 0 Å². The van der Waals surface area contributed by atoms with Gasteiger partial charge >= 0.3 is 5.97 Å². The molecule has 0 saturated heterocycles. The highest BCUT2D eigenvalue weighted by Gasteiger charge is 2.38. The van der Waals surface area contributed by atoms with Crippen LogP contribution in [0, 0.1) is 0 Å². The van der Waals surface area contributed by atoms with Gasteiger partial charge in [0.1, 0.15) is 4.75 Å². The molecule has 0 fully saturated rings. The molecule has 1 atom stereocenters. The third-order valence-corrected chi connectivity index (χ3v) is 4.10. The zero-order valence-electron chi connectivity index (χ0n) is 9.22. The van der Waals surface area contributed by atoms with E-state index in [1.54, 1.807) is 0 Å². The van der Waals surface area contributed by atoms with Crippen molar-refractivity contribution < 1.29 is 15.0 Å². The Labute approximate surface area is 99.5 Å². The Kier molecular flexibility index (Phi) is 4.83. The molecule has 1 rings (SSSR count). The minimum absolute atomic E-state index is 0.00741. The van der Waals surface area contributed by atoms with E-state index in [4.69, 9.17) is 5.11 Å². The maximum Gasteiger partial charge on any atom is 0.324 e. The van der Waals surface area contributed by atoms with Crippen LogP contribution in [0.2, 0.25) is 0 Å². The largest absolute Gasteiger partial charge is 0.480 e. The molecular formula is C12H16O3S. The van der Waals surface area contributed by atoms with E-state index in [0.29, 0.717) is 12.2 Å². The standard InChI is InChI=1S/C12H16O3S/c1-2-12(11(14)15,16-9-8-13)10-6-4-3-5-7-10/h3-7,13H,2,8-9H2,1H3,(H,14,15). The maximum atomic E-state index is 11.5. The Balaban J connectivity index is 3.07. The van der Waals surface area contributed by atoms with Gasteiger partial charge in [0.25, 0.3) is 0 Å². The molecule has 0 aliphatic carbocycles. The second-order valence-corrected chi connectivity index (χ2v) is 4.82. The van der Waals surface area contributed by atoms with Crippen LogP contribution in [0.15, 0.2) is 30.3 Å². The van der Waals surface area contributed by atoms with Crippen molar-refractivity contribution in [1.29, 1.82) is 0 Å². The number of aliphatic hydroxyl groups excluding tert-OH is 1. The first kappa shape index (κ1) is 13.1. The molecule has 0 spiro atoms. The molecule has 88 valence electrons. The summed E-state index contributed by atoms with van der Waals surface area (Å²) in [5.41, 5.74) is 0.781. The van der Waals surface area contributed by atoms with Crippen molar-refractivity contribution in [2.24, 2.45) is 0 Å². The van der Waals surface area contributed by atoms with E-state index < -0.39 is 10.7 Å². The van der Waals surface area contributed by atoms with Crippen molar-refractivity contribution in [1.82, 2.24) is 0 Å². The quantitative estimate of drug-likeness (QED) is 0.799. The van der Waals surface area contributed by atoms with Gasteiger partial charge in [-0.15, -0.1) is 11.8 Å². The summed E-state index contributed by atoms with van der Waals surface area (Å²) in [6.45, 7) is 1.85. The molecule has 0 aromatic heterocycles. The first-order valence-corrected chi connectivity index (χ1v) is 6.19. The third-order valence-electron chi connectivity index (χ3n) is 2.52. The highest BCUT2D eigenvalue weighted by molar-refractivity contribution is 8.00. The van der Waals surface area contributed by atoms with E-state index in [9.17, 15) is 9.90 Å². The predicted molar refractivity (Wildman–Crippen MR) is 65.6 cm³/mol.